The van der Waals surface area contributed by atoms with E-state index < -0.39 is 5.54 Å². The molecule has 5 nitrogen and oxygen atoms in total. The molecule has 1 unspecified atom stereocenters. The van der Waals surface area contributed by atoms with Crippen molar-refractivity contribution in [1.82, 2.24) is 4.90 Å². The van der Waals surface area contributed by atoms with Crippen LogP contribution in [0.4, 0.5) is 0 Å². The highest BCUT2D eigenvalue weighted by molar-refractivity contribution is 8.03. The van der Waals surface area contributed by atoms with E-state index in [0.29, 0.717) is 17.9 Å². The van der Waals surface area contributed by atoms with Gasteiger partial charge in [-0.3, -0.25) is 4.90 Å². The lowest BCUT2D eigenvalue weighted by Gasteiger charge is -2.38. The lowest BCUT2D eigenvalue weighted by Crippen LogP contribution is -2.49. The van der Waals surface area contributed by atoms with E-state index in [1.54, 1.807) is 30.8 Å². The molecular weight excluding hydrogens is 432 g/mol. The number of carbonyl (C=O) groups excluding carboxylic acids is 2. The van der Waals surface area contributed by atoms with E-state index in [-0.39, 0.29) is 17.8 Å². The Bertz CT molecular complexity index is 1070. The zero-order valence-electron chi connectivity index (χ0n) is 19.8. The molecule has 1 fully saturated rings. The number of carbonyl (C=O) groups is 2. The number of benzene rings is 2. The summed E-state index contributed by atoms with van der Waals surface area (Å²) in [6, 6.07) is 13.0. The Morgan fingerprint density at radius 1 is 1.15 bits per heavy atom. The SMILES string of the molecule is CC(C)c1cc(C=C2SCCN(C#N)C2(C)C=O)cc(C(C)C)c1OC(=O)c1ccccc1. The molecular formula is C27H30N2O3S. The summed E-state index contributed by atoms with van der Waals surface area (Å²) in [6.45, 7) is 10.6. The first kappa shape index (κ1) is 24.6. The van der Waals surface area contributed by atoms with Gasteiger partial charge in [0.25, 0.3) is 0 Å². The highest BCUT2D eigenvalue weighted by Gasteiger charge is 2.39. The van der Waals surface area contributed by atoms with Crippen LogP contribution < -0.4 is 4.74 Å². The fourth-order valence-corrected chi connectivity index (χ4v) is 5.02. The molecule has 2 aromatic rings. The van der Waals surface area contributed by atoms with Crippen LogP contribution in [0.2, 0.25) is 0 Å². The quantitative estimate of drug-likeness (QED) is 0.228. The van der Waals surface area contributed by atoms with Crippen LogP contribution in [0.25, 0.3) is 6.08 Å². The molecule has 1 aliphatic heterocycles. The molecule has 33 heavy (non-hydrogen) atoms. The largest absolute Gasteiger partial charge is 0.422 e. The number of nitriles is 1. The van der Waals surface area contributed by atoms with Crippen molar-refractivity contribution in [2.45, 2.75) is 52.0 Å². The second kappa shape index (κ2) is 10.3. The van der Waals surface area contributed by atoms with E-state index in [0.717, 1.165) is 33.6 Å². The van der Waals surface area contributed by atoms with Crippen molar-refractivity contribution >= 4 is 30.1 Å². The molecule has 0 spiro atoms. The van der Waals surface area contributed by atoms with E-state index >= 15 is 0 Å². The minimum atomic E-state index is -0.980. The van der Waals surface area contributed by atoms with Gasteiger partial charge in [0, 0.05) is 17.2 Å². The number of ether oxygens (including phenoxy) is 1. The average molecular weight is 463 g/mol. The van der Waals surface area contributed by atoms with Crippen molar-refractivity contribution in [1.29, 1.82) is 5.26 Å². The summed E-state index contributed by atoms with van der Waals surface area (Å²) < 4.78 is 5.95. The number of hydrogen-bond acceptors (Lipinski definition) is 6. The smallest absolute Gasteiger partial charge is 0.343 e. The molecule has 1 aliphatic rings. The van der Waals surface area contributed by atoms with E-state index in [9.17, 15) is 14.9 Å². The molecule has 0 bridgehead atoms. The van der Waals surface area contributed by atoms with Crippen LogP contribution in [0.15, 0.2) is 47.4 Å². The van der Waals surface area contributed by atoms with Gasteiger partial charge in [-0.25, -0.2) is 4.79 Å². The number of nitrogens with zero attached hydrogens (tertiary/aromatic N) is 2. The van der Waals surface area contributed by atoms with Gasteiger partial charge in [-0.2, -0.15) is 5.26 Å². The summed E-state index contributed by atoms with van der Waals surface area (Å²) in [6.07, 6.45) is 4.99. The molecule has 1 saturated heterocycles. The van der Waals surface area contributed by atoms with Crippen LogP contribution in [-0.4, -0.2) is 35.0 Å². The second-order valence-corrected chi connectivity index (χ2v) is 10.1. The Kier molecular flexibility index (Phi) is 7.65. The van der Waals surface area contributed by atoms with E-state index in [4.69, 9.17) is 4.74 Å². The lowest BCUT2D eigenvalue weighted by molar-refractivity contribution is -0.114. The van der Waals surface area contributed by atoms with Crippen molar-refractivity contribution in [3.63, 3.8) is 0 Å². The van der Waals surface area contributed by atoms with Gasteiger partial charge in [0.2, 0.25) is 0 Å². The van der Waals surface area contributed by atoms with Gasteiger partial charge in [0.1, 0.15) is 11.3 Å². The Morgan fingerprint density at radius 2 is 1.76 bits per heavy atom. The van der Waals surface area contributed by atoms with Crippen LogP contribution in [0, 0.1) is 11.5 Å². The van der Waals surface area contributed by atoms with Crippen molar-refractivity contribution < 1.29 is 14.3 Å². The van der Waals surface area contributed by atoms with Crippen LogP contribution in [0.3, 0.4) is 0 Å². The monoisotopic (exact) mass is 462 g/mol. The van der Waals surface area contributed by atoms with Crippen molar-refractivity contribution in [2.24, 2.45) is 0 Å². The highest BCUT2D eigenvalue weighted by Crippen LogP contribution is 2.40. The highest BCUT2D eigenvalue weighted by atomic mass is 32.2. The number of thioether (sulfide) groups is 1. The van der Waals surface area contributed by atoms with Gasteiger partial charge in [-0.05, 0) is 65.8 Å². The fraction of sp³-hybridized carbons (Fsp3) is 0.370. The van der Waals surface area contributed by atoms with Gasteiger partial charge in [0.05, 0.1) is 5.56 Å². The minimum Gasteiger partial charge on any atom is -0.422 e. The molecule has 0 aromatic heterocycles. The molecule has 0 N–H and O–H groups in total. The molecule has 0 radical (unpaired) electrons. The molecule has 3 rings (SSSR count). The van der Waals surface area contributed by atoms with Crippen LogP contribution >= 0.6 is 11.8 Å². The van der Waals surface area contributed by atoms with Crippen LogP contribution in [-0.2, 0) is 4.79 Å². The average Bonchev–Trinajstić information content (AvgIpc) is 2.81. The summed E-state index contributed by atoms with van der Waals surface area (Å²) in [5.41, 5.74) is 2.32. The normalized spacial score (nSPS) is 19.6. The molecule has 0 amide bonds. The molecule has 0 aliphatic carbocycles. The molecule has 0 saturated carbocycles. The first-order valence-electron chi connectivity index (χ1n) is 11.1. The summed E-state index contributed by atoms with van der Waals surface area (Å²) >= 11 is 1.60. The molecule has 1 heterocycles. The maximum atomic E-state index is 12.8. The standard InChI is InChI=1S/C27H30N2O3S/c1-18(2)22-13-20(15-24-27(5,16-30)29(17-28)11-12-33-24)14-23(19(3)4)25(22)32-26(31)21-9-7-6-8-10-21/h6-10,13-16,18-19H,11-12H2,1-5H3. The summed E-state index contributed by atoms with van der Waals surface area (Å²) in [4.78, 5) is 27.2. The number of hydrogen-bond donors (Lipinski definition) is 0. The predicted molar refractivity (Wildman–Crippen MR) is 133 cm³/mol. The Hall–Kier alpha value is -3.04. The topological polar surface area (TPSA) is 70.4 Å². The third kappa shape index (κ3) is 5.15. The molecule has 6 heteroatoms. The summed E-state index contributed by atoms with van der Waals surface area (Å²) in [7, 11) is 0. The van der Waals surface area contributed by atoms with E-state index in [1.807, 2.05) is 36.4 Å². The molecule has 2 aromatic carbocycles. The first-order valence-corrected chi connectivity index (χ1v) is 12.1. The van der Waals surface area contributed by atoms with Gasteiger partial charge in [-0.15, -0.1) is 11.8 Å². The van der Waals surface area contributed by atoms with Gasteiger partial charge < -0.3 is 9.53 Å². The Labute approximate surface area is 200 Å². The van der Waals surface area contributed by atoms with E-state index in [2.05, 4.69) is 33.9 Å². The van der Waals surface area contributed by atoms with Crippen LogP contribution in [0.5, 0.6) is 5.75 Å². The van der Waals surface area contributed by atoms with Crippen molar-refractivity contribution in [3.05, 3.63) is 69.6 Å². The maximum Gasteiger partial charge on any atom is 0.343 e. The van der Waals surface area contributed by atoms with Crippen molar-refractivity contribution in [2.75, 3.05) is 12.3 Å². The van der Waals surface area contributed by atoms with Crippen LogP contribution in [0.1, 0.15) is 73.5 Å². The zero-order chi connectivity index (χ0) is 24.2. The Morgan fingerprint density at radius 3 is 2.27 bits per heavy atom. The minimum absolute atomic E-state index is 0.117. The van der Waals surface area contributed by atoms with Crippen molar-refractivity contribution in [3.8, 4) is 11.9 Å². The number of rotatable bonds is 6. The maximum absolute atomic E-state index is 12.8. The fourth-order valence-electron chi connectivity index (χ4n) is 3.86. The Balaban J connectivity index is 2.10. The third-order valence-corrected chi connectivity index (χ3v) is 7.13. The first-order chi connectivity index (χ1) is 15.7. The van der Waals surface area contributed by atoms with E-state index in [1.165, 1.54) is 4.90 Å². The van der Waals surface area contributed by atoms with Gasteiger partial charge >= 0.3 is 5.97 Å². The number of aldehydes is 1. The lowest BCUT2D eigenvalue weighted by atomic mass is 9.90. The predicted octanol–water partition coefficient (Wildman–Crippen LogP) is 5.98. The second-order valence-electron chi connectivity index (χ2n) is 8.97. The van der Waals surface area contributed by atoms with Gasteiger partial charge in [0.15, 0.2) is 12.5 Å². The molecule has 1 atom stereocenters. The summed E-state index contributed by atoms with van der Waals surface area (Å²) in [5.74, 6) is 1.19. The summed E-state index contributed by atoms with van der Waals surface area (Å²) in [5, 5.41) is 9.52. The third-order valence-electron chi connectivity index (χ3n) is 5.90. The zero-order valence-corrected chi connectivity index (χ0v) is 20.6. The van der Waals surface area contributed by atoms with Gasteiger partial charge in [-0.1, -0.05) is 45.9 Å². The number of esters is 1. The molecule has 172 valence electrons.